The smallest absolute Gasteiger partial charge is 0.272 e. The van der Waals surface area contributed by atoms with Gasteiger partial charge in [-0.1, -0.05) is 17.7 Å². The van der Waals surface area contributed by atoms with Crippen molar-refractivity contribution in [1.82, 2.24) is 15.5 Å². The van der Waals surface area contributed by atoms with Gasteiger partial charge in [0.05, 0.1) is 0 Å². The fourth-order valence-corrected chi connectivity index (χ4v) is 2.65. The van der Waals surface area contributed by atoms with E-state index in [1.807, 2.05) is 30.3 Å². The van der Waals surface area contributed by atoms with Crippen molar-refractivity contribution in [1.29, 1.82) is 0 Å². The van der Waals surface area contributed by atoms with E-state index in [4.69, 9.17) is 21.1 Å². The van der Waals surface area contributed by atoms with Crippen molar-refractivity contribution in [3.63, 3.8) is 0 Å². The molecule has 0 bridgehead atoms. The molecule has 0 fully saturated rings. The van der Waals surface area contributed by atoms with Gasteiger partial charge in [0.25, 0.3) is 5.91 Å². The summed E-state index contributed by atoms with van der Waals surface area (Å²) in [6.07, 6.45) is 0. The second-order valence-electron chi connectivity index (χ2n) is 5.81. The second-order valence-corrected chi connectivity index (χ2v) is 6.24. The van der Waals surface area contributed by atoms with Gasteiger partial charge in [-0.3, -0.25) is 4.79 Å². The van der Waals surface area contributed by atoms with E-state index >= 15 is 0 Å². The molecule has 0 saturated carbocycles. The molecule has 27 heavy (non-hydrogen) atoms. The molecule has 0 saturated heterocycles. The van der Waals surface area contributed by atoms with Crippen molar-refractivity contribution in [3.8, 4) is 11.5 Å². The van der Waals surface area contributed by atoms with Crippen molar-refractivity contribution in [2.75, 3.05) is 12.1 Å². The third-order valence-corrected chi connectivity index (χ3v) is 4.16. The number of rotatable bonds is 5. The van der Waals surface area contributed by atoms with E-state index < -0.39 is 0 Å². The monoisotopic (exact) mass is 382 g/mol. The third kappa shape index (κ3) is 4.09. The number of halogens is 1. The number of hydrogen-bond acceptors (Lipinski definition) is 6. The second kappa shape index (κ2) is 7.51. The summed E-state index contributed by atoms with van der Waals surface area (Å²) in [5.41, 5.74) is 1.97. The largest absolute Gasteiger partial charge is 0.454 e. The predicted molar refractivity (Wildman–Crippen MR) is 101 cm³/mol. The summed E-state index contributed by atoms with van der Waals surface area (Å²) in [5, 5.41) is 14.5. The van der Waals surface area contributed by atoms with E-state index in [1.54, 1.807) is 24.3 Å². The Morgan fingerprint density at radius 1 is 1.00 bits per heavy atom. The molecule has 136 valence electrons. The number of benzene rings is 2. The highest BCUT2D eigenvalue weighted by molar-refractivity contribution is 6.30. The molecule has 0 aliphatic carbocycles. The van der Waals surface area contributed by atoms with Gasteiger partial charge in [0.1, 0.15) is 0 Å². The number of nitrogens with one attached hydrogen (secondary N) is 2. The first-order valence-corrected chi connectivity index (χ1v) is 8.58. The summed E-state index contributed by atoms with van der Waals surface area (Å²) in [6.45, 7) is 0.569. The molecule has 1 aliphatic heterocycles. The van der Waals surface area contributed by atoms with Gasteiger partial charge in [-0.15, -0.1) is 10.2 Å². The minimum atomic E-state index is -0.307. The van der Waals surface area contributed by atoms with E-state index in [0.29, 0.717) is 28.9 Å². The number of carbonyl (C=O) groups is 1. The van der Waals surface area contributed by atoms with Crippen LogP contribution in [0.15, 0.2) is 54.6 Å². The maximum atomic E-state index is 12.3. The van der Waals surface area contributed by atoms with Gasteiger partial charge < -0.3 is 20.1 Å². The topological polar surface area (TPSA) is 85.4 Å². The molecule has 1 aromatic heterocycles. The Morgan fingerprint density at radius 2 is 1.81 bits per heavy atom. The quantitative estimate of drug-likeness (QED) is 0.702. The maximum Gasteiger partial charge on any atom is 0.272 e. The zero-order chi connectivity index (χ0) is 18.6. The lowest BCUT2D eigenvalue weighted by molar-refractivity contribution is 0.0945. The van der Waals surface area contributed by atoms with Crippen LogP contribution >= 0.6 is 11.6 Å². The molecule has 8 heteroatoms. The van der Waals surface area contributed by atoms with Crippen LogP contribution in [0.5, 0.6) is 11.5 Å². The van der Waals surface area contributed by atoms with Crippen LogP contribution in [-0.2, 0) is 6.54 Å². The molecule has 2 heterocycles. The van der Waals surface area contributed by atoms with Gasteiger partial charge in [-0.05, 0) is 54.1 Å². The van der Waals surface area contributed by atoms with Gasteiger partial charge in [-0.2, -0.15) is 0 Å². The minimum Gasteiger partial charge on any atom is -0.454 e. The number of aromatic nitrogens is 2. The molecular formula is C19H15ClN4O3. The molecule has 4 rings (SSSR count). The Morgan fingerprint density at radius 3 is 2.59 bits per heavy atom. The average molecular weight is 383 g/mol. The fraction of sp³-hybridized carbons (Fsp3) is 0.105. The molecule has 3 aromatic rings. The first-order chi connectivity index (χ1) is 13.2. The number of nitrogens with zero attached hydrogens (tertiary/aromatic N) is 2. The van der Waals surface area contributed by atoms with Gasteiger partial charge in [0, 0.05) is 17.3 Å². The van der Waals surface area contributed by atoms with Crippen LogP contribution in [0, 0.1) is 0 Å². The summed E-state index contributed by atoms with van der Waals surface area (Å²) in [6, 6.07) is 16.0. The van der Waals surface area contributed by atoms with E-state index in [2.05, 4.69) is 20.8 Å². The highest BCUT2D eigenvalue weighted by atomic mass is 35.5. The van der Waals surface area contributed by atoms with Gasteiger partial charge in [-0.25, -0.2) is 0 Å². The summed E-state index contributed by atoms with van der Waals surface area (Å²) >= 11 is 5.86. The standard InChI is InChI=1S/C19H15ClN4O3/c20-13-2-4-14(5-3-13)22-18-8-6-15(23-24-18)19(25)21-10-12-1-7-16-17(9-12)27-11-26-16/h1-9H,10-11H2,(H,21,25)(H,22,24). The first-order valence-electron chi connectivity index (χ1n) is 8.20. The van der Waals surface area contributed by atoms with Crippen molar-refractivity contribution in [2.45, 2.75) is 6.54 Å². The Kier molecular flexibility index (Phi) is 4.76. The van der Waals surface area contributed by atoms with Crippen LogP contribution in [0.25, 0.3) is 0 Å². The lowest BCUT2D eigenvalue weighted by Crippen LogP contribution is -2.24. The molecule has 2 aromatic carbocycles. The zero-order valence-corrected chi connectivity index (χ0v) is 14.9. The van der Waals surface area contributed by atoms with Crippen LogP contribution < -0.4 is 20.1 Å². The summed E-state index contributed by atoms with van der Waals surface area (Å²) in [7, 11) is 0. The maximum absolute atomic E-state index is 12.3. The number of amides is 1. The van der Waals surface area contributed by atoms with Crippen LogP contribution in [0.1, 0.15) is 16.1 Å². The van der Waals surface area contributed by atoms with Crippen LogP contribution in [0.3, 0.4) is 0 Å². The van der Waals surface area contributed by atoms with E-state index in [9.17, 15) is 4.79 Å². The van der Waals surface area contributed by atoms with Crippen molar-refractivity contribution >= 4 is 29.0 Å². The van der Waals surface area contributed by atoms with E-state index in [1.165, 1.54) is 0 Å². The van der Waals surface area contributed by atoms with Crippen LogP contribution in [-0.4, -0.2) is 22.9 Å². The summed E-state index contributed by atoms with van der Waals surface area (Å²) in [4.78, 5) is 12.3. The van der Waals surface area contributed by atoms with Crippen LogP contribution in [0.4, 0.5) is 11.5 Å². The summed E-state index contributed by atoms with van der Waals surface area (Å²) < 4.78 is 10.6. The normalized spacial score (nSPS) is 11.9. The SMILES string of the molecule is O=C(NCc1ccc2c(c1)OCO2)c1ccc(Nc2ccc(Cl)cc2)nn1. The number of ether oxygens (including phenoxy) is 2. The third-order valence-electron chi connectivity index (χ3n) is 3.90. The zero-order valence-electron chi connectivity index (χ0n) is 14.1. The Hall–Kier alpha value is -3.32. The summed E-state index contributed by atoms with van der Waals surface area (Å²) in [5.74, 6) is 1.61. The van der Waals surface area contributed by atoms with Crippen molar-refractivity contribution in [2.24, 2.45) is 0 Å². The van der Waals surface area contributed by atoms with Crippen LogP contribution in [0.2, 0.25) is 5.02 Å². The number of hydrogen-bond donors (Lipinski definition) is 2. The Labute approximate surface area is 160 Å². The molecule has 1 amide bonds. The predicted octanol–water partition coefficient (Wildman–Crippen LogP) is 3.53. The number of carbonyl (C=O) groups excluding carboxylic acids is 1. The lowest BCUT2D eigenvalue weighted by atomic mass is 10.2. The first kappa shape index (κ1) is 17.1. The van der Waals surface area contributed by atoms with E-state index in [-0.39, 0.29) is 18.4 Å². The van der Waals surface area contributed by atoms with Crippen molar-refractivity contribution < 1.29 is 14.3 Å². The van der Waals surface area contributed by atoms with E-state index in [0.717, 1.165) is 11.3 Å². The average Bonchev–Trinajstić information content (AvgIpc) is 3.16. The van der Waals surface area contributed by atoms with Gasteiger partial charge in [0.15, 0.2) is 23.0 Å². The molecule has 1 aliphatic rings. The highest BCUT2D eigenvalue weighted by Gasteiger charge is 2.14. The molecule has 7 nitrogen and oxygen atoms in total. The van der Waals surface area contributed by atoms with Gasteiger partial charge >= 0.3 is 0 Å². The Bertz CT molecular complexity index is 962. The molecule has 0 unspecified atom stereocenters. The van der Waals surface area contributed by atoms with Crippen molar-refractivity contribution in [3.05, 3.63) is 70.9 Å². The molecule has 0 spiro atoms. The number of anilines is 2. The molecule has 0 radical (unpaired) electrons. The number of fused-ring (bicyclic) bond motifs is 1. The lowest BCUT2D eigenvalue weighted by Gasteiger charge is -2.07. The van der Waals surface area contributed by atoms with Gasteiger partial charge in [0.2, 0.25) is 6.79 Å². The molecular weight excluding hydrogens is 368 g/mol. The fourth-order valence-electron chi connectivity index (χ4n) is 2.52. The minimum absolute atomic E-state index is 0.219. The Balaban J connectivity index is 1.35. The molecule has 0 atom stereocenters. The highest BCUT2D eigenvalue weighted by Crippen LogP contribution is 2.32. The molecule has 2 N–H and O–H groups in total.